The number of oxazole rings is 1. The van der Waals surface area contributed by atoms with Crippen molar-refractivity contribution in [2.45, 2.75) is 24.5 Å². The molecule has 2 aromatic rings. The molecular weight excluding hydrogens is 410 g/mol. The average Bonchev–Trinajstić information content (AvgIpc) is 2.84. The monoisotopic (exact) mass is 421 g/mol. The van der Waals surface area contributed by atoms with Crippen molar-refractivity contribution in [3.8, 4) is 5.75 Å². The average molecular weight is 423 g/mol. The second kappa shape index (κ2) is 7.38. The molecule has 0 spiro atoms. The van der Waals surface area contributed by atoms with Crippen molar-refractivity contribution in [2.24, 2.45) is 0 Å². The molecule has 1 unspecified atom stereocenters. The van der Waals surface area contributed by atoms with E-state index in [9.17, 15) is 4.79 Å². The lowest BCUT2D eigenvalue weighted by Crippen LogP contribution is -2.11. The molecule has 4 nitrogen and oxygen atoms in total. The molecular formula is C13H13Br2NO3S. The summed E-state index contributed by atoms with van der Waals surface area (Å²) in [6.45, 7) is 2.05. The third-order valence-electron chi connectivity index (χ3n) is 2.47. The Kier molecular flexibility index (Phi) is 5.80. The molecule has 1 heterocycles. The number of aromatic amines is 1. The smallest absolute Gasteiger partial charge is 0.416 e. The molecule has 1 aromatic carbocycles. The van der Waals surface area contributed by atoms with Crippen LogP contribution in [0.25, 0.3) is 0 Å². The summed E-state index contributed by atoms with van der Waals surface area (Å²) in [5.74, 6) is 1.57. The number of benzene rings is 1. The van der Waals surface area contributed by atoms with Crippen LogP contribution in [0.1, 0.15) is 19.1 Å². The Balaban J connectivity index is 1.98. The maximum absolute atomic E-state index is 10.9. The molecule has 0 aliphatic carbocycles. The summed E-state index contributed by atoms with van der Waals surface area (Å²) in [4.78, 5) is 13.4. The van der Waals surface area contributed by atoms with Crippen LogP contribution in [-0.2, 0) is 5.75 Å². The Morgan fingerprint density at radius 3 is 2.90 bits per heavy atom. The van der Waals surface area contributed by atoms with Crippen molar-refractivity contribution in [1.82, 2.24) is 4.98 Å². The molecule has 0 aliphatic heterocycles. The van der Waals surface area contributed by atoms with Gasteiger partial charge in [-0.15, -0.1) is 11.8 Å². The summed E-state index contributed by atoms with van der Waals surface area (Å²) in [5, 5.41) is 0. The molecule has 1 atom stereocenters. The van der Waals surface area contributed by atoms with Gasteiger partial charge in [-0.2, -0.15) is 0 Å². The highest BCUT2D eigenvalue weighted by atomic mass is 79.9. The van der Waals surface area contributed by atoms with E-state index in [2.05, 4.69) is 43.8 Å². The maximum atomic E-state index is 10.9. The van der Waals surface area contributed by atoms with Crippen LogP contribution in [0.3, 0.4) is 0 Å². The van der Waals surface area contributed by atoms with Crippen LogP contribution in [0.15, 0.2) is 42.6 Å². The number of hydrogen-bond donors (Lipinski definition) is 1. The molecule has 108 valence electrons. The van der Waals surface area contributed by atoms with Gasteiger partial charge in [-0.25, -0.2) is 4.79 Å². The van der Waals surface area contributed by atoms with Crippen molar-refractivity contribution in [2.75, 3.05) is 0 Å². The van der Waals surface area contributed by atoms with Crippen LogP contribution in [0, 0.1) is 0 Å². The van der Waals surface area contributed by atoms with Gasteiger partial charge < -0.3 is 9.15 Å². The number of ether oxygens (including phenoxy) is 1. The van der Waals surface area contributed by atoms with Gasteiger partial charge in [0, 0.05) is 10.7 Å². The predicted octanol–water partition coefficient (Wildman–Crippen LogP) is 4.54. The van der Waals surface area contributed by atoms with Gasteiger partial charge in [0.25, 0.3) is 0 Å². The molecule has 0 amide bonds. The van der Waals surface area contributed by atoms with Crippen molar-refractivity contribution >= 4 is 43.6 Å². The summed E-state index contributed by atoms with van der Waals surface area (Å²) >= 11 is 8.48. The molecule has 1 aromatic heterocycles. The van der Waals surface area contributed by atoms with Crippen molar-refractivity contribution in [3.63, 3.8) is 0 Å². The minimum atomic E-state index is -0.427. The largest absolute Gasteiger partial charge is 0.479 e. The van der Waals surface area contributed by atoms with Crippen LogP contribution >= 0.6 is 43.6 Å². The van der Waals surface area contributed by atoms with E-state index in [4.69, 9.17) is 9.15 Å². The number of H-pyrrole nitrogens is 1. The zero-order valence-corrected chi connectivity index (χ0v) is 14.7. The maximum Gasteiger partial charge on any atom is 0.416 e. The molecule has 0 fully saturated rings. The molecule has 7 heteroatoms. The van der Waals surface area contributed by atoms with E-state index < -0.39 is 5.76 Å². The topological polar surface area (TPSA) is 55.2 Å². The first-order valence-corrected chi connectivity index (χ1v) is 8.62. The van der Waals surface area contributed by atoms with E-state index in [1.165, 1.54) is 0 Å². The summed E-state index contributed by atoms with van der Waals surface area (Å²) in [5.41, 5.74) is -0.0131. The lowest BCUT2D eigenvalue weighted by molar-refractivity contribution is 0.281. The Labute approximate surface area is 137 Å². The highest BCUT2D eigenvalue weighted by molar-refractivity contribution is 9.11. The highest BCUT2D eigenvalue weighted by Gasteiger charge is 2.13. The minimum Gasteiger partial charge on any atom is -0.479 e. The molecule has 0 aliphatic rings. The quantitative estimate of drug-likeness (QED) is 0.694. The lowest BCUT2D eigenvalue weighted by Gasteiger charge is -2.17. The van der Waals surface area contributed by atoms with Crippen LogP contribution < -0.4 is 10.5 Å². The number of aromatic nitrogens is 1. The fourth-order valence-electron chi connectivity index (χ4n) is 1.51. The van der Waals surface area contributed by atoms with E-state index in [0.29, 0.717) is 11.5 Å². The van der Waals surface area contributed by atoms with Gasteiger partial charge in [-0.1, -0.05) is 22.9 Å². The van der Waals surface area contributed by atoms with E-state index in [1.54, 1.807) is 18.0 Å². The number of nitrogens with one attached hydrogen (secondary N) is 1. The third kappa shape index (κ3) is 4.43. The Bertz CT molecular complexity index is 626. The summed E-state index contributed by atoms with van der Waals surface area (Å²) < 4.78 is 12.8. The second-order valence-electron chi connectivity index (χ2n) is 3.99. The number of halogens is 2. The SMILES string of the molecule is CCC(Oc1cc(Br)ccc1Br)SCc1c[nH]c(=O)o1. The number of thioether (sulfide) groups is 1. The van der Waals surface area contributed by atoms with Crippen LogP contribution in [0.5, 0.6) is 5.75 Å². The van der Waals surface area contributed by atoms with Crippen LogP contribution in [-0.4, -0.2) is 10.4 Å². The first-order chi connectivity index (χ1) is 9.58. The van der Waals surface area contributed by atoms with Crippen molar-refractivity contribution in [1.29, 1.82) is 0 Å². The van der Waals surface area contributed by atoms with Crippen molar-refractivity contribution in [3.05, 3.63) is 49.7 Å². The normalized spacial score (nSPS) is 12.3. The number of hydrogen-bond acceptors (Lipinski definition) is 4. The fourth-order valence-corrected chi connectivity index (χ4v) is 3.09. The van der Waals surface area contributed by atoms with Gasteiger partial charge in [0.15, 0.2) is 0 Å². The van der Waals surface area contributed by atoms with Gasteiger partial charge in [-0.3, -0.25) is 4.98 Å². The standard InChI is InChI=1S/C13H13Br2NO3S/c1-2-12(20-7-9-6-16-13(17)18-9)19-11-5-8(14)3-4-10(11)15/h3-6,12H,2,7H2,1H3,(H,16,17). The lowest BCUT2D eigenvalue weighted by atomic mass is 10.3. The number of rotatable bonds is 6. The fraction of sp³-hybridized carbons (Fsp3) is 0.308. The third-order valence-corrected chi connectivity index (χ3v) is 4.87. The molecule has 0 saturated heterocycles. The van der Waals surface area contributed by atoms with Gasteiger partial charge in [0.2, 0.25) is 0 Å². The van der Waals surface area contributed by atoms with Crippen molar-refractivity contribution < 1.29 is 9.15 Å². The minimum absolute atomic E-state index is 0.0131. The highest BCUT2D eigenvalue weighted by Crippen LogP contribution is 2.32. The van der Waals surface area contributed by atoms with Gasteiger partial charge in [0.05, 0.1) is 10.2 Å². The first kappa shape index (κ1) is 15.7. The molecule has 1 N–H and O–H groups in total. The molecule has 0 bridgehead atoms. The van der Waals surface area contributed by atoms with E-state index >= 15 is 0 Å². The molecule has 20 heavy (non-hydrogen) atoms. The van der Waals surface area contributed by atoms with Gasteiger partial charge in [-0.05, 0) is 40.5 Å². The van der Waals surface area contributed by atoms with Gasteiger partial charge in [0.1, 0.15) is 16.9 Å². The van der Waals surface area contributed by atoms with E-state index in [0.717, 1.165) is 21.1 Å². The zero-order valence-electron chi connectivity index (χ0n) is 10.7. The van der Waals surface area contributed by atoms with Crippen LogP contribution in [0.4, 0.5) is 0 Å². The Morgan fingerprint density at radius 2 is 2.25 bits per heavy atom. The van der Waals surface area contributed by atoms with E-state index in [-0.39, 0.29) is 5.44 Å². The Hall–Kier alpha value is -0.660. The molecule has 0 saturated carbocycles. The predicted molar refractivity (Wildman–Crippen MR) is 87.2 cm³/mol. The summed E-state index contributed by atoms with van der Waals surface area (Å²) in [7, 11) is 0. The second-order valence-corrected chi connectivity index (χ2v) is 6.90. The van der Waals surface area contributed by atoms with E-state index in [1.807, 2.05) is 18.2 Å². The first-order valence-electron chi connectivity index (χ1n) is 5.99. The molecule has 0 radical (unpaired) electrons. The summed E-state index contributed by atoms with van der Waals surface area (Å²) in [6, 6.07) is 5.80. The van der Waals surface area contributed by atoms with Crippen LogP contribution in [0.2, 0.25) is 0 Å². The summed E-state index contributed by atoms with van der Waals surface area (Å²) in [6.07, 6.45) is 2.43. The Morgan fingerprint density at radius 1 is 1.45 bits per heavy atom. The van der Waals surface area contributed by atoms with Gasteiger partial charge >= 0.3 is 5.76 Å². The zero-order chi connectivity index (χ0) is 14.5. The molecule has 2 rings (SSSR count).